The largest absolute Gasteiger partial charge is 0.441 e. The summed E-state index contributed by atoms with van der Waals surface area (Å²) >= 11 is 0. The number of ketones is 1. The number of amides is 1. The zero-order chi connectivity index (χ0) is 23.8. The van der Waals surface area contributed by atoms with Crippen LogP contribution in [-0.2, 0) is 23.8 Å². The molecule has 11 heteroatoms. The van der Waals surface area contributed by atoms with Gasteiger partial charge in [0.15, 0.2) is 0 Å². The molecule has 0 N–H and O–H groups in total. The van der Waals surface area contributed by atoms with Gasteiger partial charge in [-0.05, 0) is 35.9 Å². The summed E-state index contributed by atoms with van der Waals surface area (Å²) in [5.41, 5.74) is 1.07. The first-order valence-corrected chi connectivity index (χ1v) is 12.1. The summed E-state index contributed by atoms with van der Waals surface area (Å²) in [6.45, 7) is 0.549. The number of benzene rings is 2. The van der Waals surface area contributed by atoms with Crippen LogP contribution >= 0.6 is 0 Å². The summed E-state index contributed by atoms with van der Waals surface area (Å²) in [6, 6.07) is 8.49. The number of rotatable bonds is 6. The number of anilines is 2. The van der Waals surface area contributed by atoms with Crippen molar-refractivity contribution in [2.75, 3.05) is 42.3 Å². The maximum atomic E-state index is 14.9. The van der Waals surface area contributed by atoms with Gasteiger partial charge < -0.3 is 9.64 Å². The number of carbonyl (C=O) groups excluding carboxylic acids is 2. The Balaban J connectivity index is 1.49. The minimum atomic E-state index is -3.69. The van der Waals surface area contributed by atoms with Gasteiger partial charge in [-0.1, -0.05) is 6.07 Å². The first-order chi connectivity index (χ1) is 15.6. The van der Waals surface area contributed by atoms with Crippen LogP contribution in [0.3, 0.4) is 0 Å². The van der Waals surface area contributed by atoms with Gasteiger partial charge in [0.2, 0.25) is 0 Å². The Kier molecular flexibility index (Phi) is 6.35. The fourth-order valence-corrected chi connectivity index (χ4v) is 4.25. The highest BCUT2D eigenvalue weighted by molar-refractivity contribution is 7.85. The van der Waals surface area contributed by atoms with Crippen LogP contribution in [0.1, 0.15) is 12.8 Å². The molecule has 2 saturated heterocycles. The number of hydrogen-bond acceptors (Lipinski definition) is 7. The molecule has 0 aliphatic carbocycles. The lowest BCUT2D eigenvalue weighted by atomic mass is 10.0. The Labute approximate surface area is 189 Å². The molecule has 2 heterocycles. The van der Waals surface area contributed by atoms with E-state index in [0.717, 1.165) is 12.3 Å². The SMILES string of the molecule is CS(=O)(=O)OC[C@H]1CN(c2ccc(-c3ccc(N4CCC(=O)CC4)c(F)c3)c(F)c2)C(=O)O1. The average Bonchev–Trinajstić information content (AvgIpc) is 3.13. The van der Waals surface area contributed by atoms with Gasteiger partial charge in [-0.25, -0.2) is 13.6 Å². The minimum absolute atomic E-state index is 0.00516. The zero-order valence-corrected chi connectivity index (χ0v) is 18.6. The highest BCUT2D eigenvalue weighted by Crippen LogP contribution is 2.32. The Hall–Kier alpha value is -3.05. The van der Waals surface area contributed by atoms with Crippen molar-refractivity contribution >= 4 is 33.4 Å². The van der Waals surface area contributed by atoms with Crippen molar-refractivity contribution in [3.05, 3.63) is 48.0 Å². The van der Waals surface area contributed by atoms with E-state index in [1.807, 2.05) is 0 Å². The standard InChI is InChI=1S/C22H22F2N2O6S/c1-33(29,30)31-13-17-12-26(22(28)32-17)15-3-4-18(19(23)11-15)14-2-5-21(20(24)10-14)25-8-6-16(27)7-9-25/h2-5,10-11,17H,6-9,12-13H2,1H3/t17-/m1/s1. The number of carbonyl (C=O) groups is 2. The van der Waals surface area contributed by atoms with Gasteiger partial charge in [-0.15, -0.1) is 0 Å². The fraction of sp³-hybridized carbons (Fsp3) is 0.364. The molecule has 1 amide bonds. The third-order valence-corrected chi connectivity index (χ3v) is 6.09. The van der Waals surface area contributed by atoms with Crippen LogP contribution in [0.5, 0.6) is 0 Å². The Morgan fingerprint density at radius 2 is 1.79 bits per heavy atom. The van der Waals surface area contributed by atoms with E-state index in [0.29, 0.717) is 37.2 Å². The maximum Gasteiger partial charge on any atom is 0.414 e. The summed E-state index contributed by atoms with van der Waals surface area (Å²) in [4.78, 5) is 26.5. The molecular formula is C22H22F2N2O6S. The number of Topliss-reactive ketones (excluding diaryl/α,β-unsaturated/α-hetero) is 1. The van der Waals surface area contributed by atoms with Gasteiger partial charge >= 0.3 is 6.09 Å². The van der Waals surface area contributed by atoms with Gasteiger partial charge in [-0.3, -0.25) is 13.9 Å². The lowest BCUT2D eigenvalue weighted by Crippen LogP contribution is -2.34. The Morgan fingerprint density at radius 1 is 1.06 bits per heavy atom. The van der Waals surface area contributed by atoms with Crippen LogP contribution in [0, 0.1) is 11.6 Å². The van der Waals surface area contributed by atoms with E-state index >= 15 is 0 Å². The fourth-order valence-electron chi connectivity index (χ4n) is 3.85. The molecular weight excluding hydrogens is 458 g/mol. The van der Waals surface area contributed by atoms with E-state index in [1.54, 1.807) is 17.0 Å². The van der Waals surface area contributed by atoms with Crippen LogP contribution in [0.2, 0.25) is 0 Å². The predicted molar refractivity (Wildman–Crippen MR) is 117 cm³/mol. The molecule has 0 bridgehead atoms. The van der Waals surface area contributed by atoms with Gasteiger partial charge in [0.05, 0.1) is 24.2 Å². The van der Waals surface area contributed by atoms with Crippen LogP contribution < -0.4 is 9.80 Å². The Morgan fingerprint density at radius 3 is 2.42 bits per heavy atom. The quantitative estimate of drug-likeness (QED) is 0.587. The second-order valence-electron chi connectivity index (χ2n) is 7.96. The van der Waals surface area contributed by atoms with Crippen LogP contribution in [0.15, 0.2) is 36.4 Å². The topological polar surface area (TPSA) is 93.2 Å². The molecule has 8 nitrogen and oxygen atoms in total. The van der Waals surface area contributed by atoms with Crippen molar-refractivity contribution in [2.24, 2.45) is 0 Å². The van der Waals surface area contributed by atoms with Crippen LogP contribution in [0.4, 0.5) is 25.0 Å². The molecule has 2 fully saturated rings. The molecule has 0 spiro atoms. The second-order valence-corrected chi connectivity index (χ2v) is 9.61. The van der Waals surface area contributed by atoms with E-state index in [9.17, 15) is 26.8 Å². The zero-order valence-electron chi connectivity index (χ0n) is 17.8. The Bertz CT molecular complexity index is 1190. The summed E-state index contributed by atoms with van der Waals surface area (Å²) in [5.74, 6) is -1.02. The third-order valence-electron chi connectivity index (χ3n) is 5.53. The lowest BCUT2D eigenvalue weighted by Gasteiger charge is -2.28. The molecule has 0 radical (unpaired) electrons. The van der Waals surface area contributed by atoms with Gasteiger partial charge in [-0.2, -0.15) is 8.42 Å². The van der Waals surface area contributed by atoms with Crippen molar-refractivity contribution < 1.29 is 35.7 Å². The van der Waals surface area contributed by atoms with Crippen molar-refractivity contribution in [3.63, 3.8) is 0 Å². The highest BCUT2D eigenvalue weighted by Gasteiger charge is 2.33. The monoisotopic (exact) mass is 480 g/mol. The van der Waals surface area contributed by atoms with Crippen molar-refractivity contribution in [2.45, 2.75) is 18.9 Å². The maximum absolute atomic E-state index is 14.9. The summed E-state index contributed by atoms with van der Waals surface area (Å²) in [6.07, 6.45) is 0.0641. The molecule has 2 aromatic carbocycles. The molecule has 0 unspecified atom stereocenters. The average molecular weight is 480 g/mol. The smallest absolute Gasteiger partial charge is 0.414 e. The van der Waals surface area contributed by atoms with E-state index < -0.39 is 33.9 Å². The molecule has 2 aliphatic heterocycles. The number of hydrogen-bond donors (Lipinski definition) is 0. The predicted octanol–water partition coefficient (Wildman–Crippen LogP) is 3.10. The van der Waals surface area contributed by atoms with E-state index in [-0.39, 0.29) is 30.2 Å². The van der Waals surface area contributed by atoms with Crippen LogP contribution in [0.25, 0.3) is 11.1 Å². The van der Waals surface area contributed by atoms with Crippen molar-refractivity contribution in [1.82, 2.24) is 0 Å². The molecule has 4 rings (SSSR count). The van der Waals surface area contributed by atoms with E-state index in [2.05, 4.69) is 4.18 Å². The molecule has 176 valence electrons. The summed E-state index contributed by atoms with van der Waals surface area (Å²) in [7, 11) is -3.69. The van der Waals surface area contributed by atoms with E-state index in [4.69, 9.17) is 4.74 Å². The van der Waals surface area contributed by atoms with Gasteiger partial charge in [0.25, 0.3) is 10.1 Å². The summed E-state index contributed by atoms with van der Waals surface area (Å²) < 4.78 is 61.6. The third kappa shape index (κ3) is 5.31. The molecule has 1 atom stereocenters. The van der Waals surface area contributed by atoms with Gasteiger partial charge in [0.1, 0.15) is 30.1 Å². The summed E-state index contributed by atoms with van der Waals surface area (Å²) in [5, 5.41) is 0. The molecule has 2 aromatic rings. The van der Waals surface area contributed by atoms with Crippen molar-refractivity contribution in [3.8, 4) is 11.1 Å². The second kappa shape index (κ2) is 9.06. The number of nitrogens with zero attached hydrogens (tertiary/aromatic N) is 2. The molecule has 2 aliphatic rings. The molecule has 0 saturated carbocycles. The first kappa shape index (κ1) is 23.1. The molecule has 0 aromatic heterocycles. The van der Waals surface area contributed by atoms with E-state index in [1.165, 1.54) is 23.1 Å². The lowest BCUT2D eigenvalue weighted by molar-refractivity contribution is -0.119. The normalized spacial score (nSPS) is 19.2. The number of ether oxygens (including phenoxy) is 1. The number of cyclic esters (lactones) is 1. The van der Waals surface area contributed by atoms with Crippen molar-refractivity contribution in [1.29, 1.82) is 0 Å². The number of halogens is 2. The van der Waals surface area contributed by atoms with Gasteiger partial charge in [0, 0.05) is 31.5 Å². The minimum Gasteiger partial charge on any atom is -0.441 e. The van der Waals surface area contributed by atoms with Crippen LogP contribution in [-0.4, -0.2) is 58.9 Å². The molecule has 33 heavy (non-hydrogen) atoms. The first-order valence-electron chi connectivity index (χ1n) is 10.3. The highest BCUT2D eigenvalue weighted by atomic mass is 32.2. The number of piperidine rings is 1.